The monoisotopic (exact) mass is 267 g/mol. The molecule has 0 spiro atoms. The third kappa shape index (κ3) is 2.96. The van der Waals surface area contributed by atoms with Crippen LogP contribution in [-0.4, -0.2) is 30.5 Å². The number of ether oxygens (including phenoxy) is 1. The Morgan fingerprint density at radius 1 is 1.42 bits per heavy atom. The van der Waals surface area contributed by atoms with Gasteiger partial charge >= 0.3 is 0 Å². The van der Waals surface area contributed by atoms with E-state index >= 15 is 0 Å². The van der Waals surface area contributed by atoms with Crippen LogP contribution < -0.4 is 5.73 Å². The molecule has 4 heteroatoms. The Kier molecular flexibility index (Phi) is 4.55. The second-order valence-electron chi connectivity index (χ2n) is 5.47. The maximum Gasteiger partial charge on any atom is 0.127 e. The van der Waals surface area contributed by atoms with Gasteiger partial charge < -0.3 is 15.6 Å². The molecule has 0 aliphatic carbocycles. The summed E-state index contributed by atoms with van der Waals surface area (Å²) in [7, 11) is 0. The average Bonchev–Trinajstić information content (AvgIpc) is 2.82. The van der Waals surface area contributed by atoms with Crippen molar-refractivity contribution in [3.63, 3.8) is 0 Å². The van der Waals surface area contributed by atoms with Gasteiger partial charge in [0, 0.05) is 12.0 Å². The molecule has 1 aliphatic heterocycles. The first kappa shape index (κ1) is 14.4. The van der Waals surface area contributed by atoms with Crippen molar-refractivity contribution in [2.45, 2.75) is 43.8 Å². The van der Waals surface area contributed by atoms with Gasteiger partial charge in [-0.2, -0.15) is 0 Å². The zero-order valence-electron chi connectivity index (χ0n) is 11.3. The minimum atomic E-state index is -0.750. The van der Waals surface area contributed by atoms with Gasteiger partial charge in [0.2, 0.25) is 0 Å². The number of rotatable bonds is 5. The Hall–Kier alpha value is -0.970. The van der Waals surface area contributed by atoms with Crippen molar-refractivity contribution in [3.8, 4) is 0 Å². The van der Waals surface area contributed by atoms with Crippen LogP contribution in [0.3, 0.4) is 0 Å². The van der Waals surface area contributed by atoms with Gasteiger partial charge in [-0.1, -0.05) is 18.2 Å². The van der Waals surface area contributed by atoms with E-state index in [1.165, 1.54) is 6.07 Å². The maximum atomic E-state index is 14.0. The molecule has 1 fully saturated rings. The molecule has 3 unspecified atom stereocenters. The molecule has 19 heavy (non-hydrogen) atoms. The molecule has 1 heterocycles. The second kappa shape index (κ2) is 5.99. The second-order valence-corrected chi connectivity index (χ2v) is 5.47. The quantitative estimate of drug-likeness (QED) is 0.857. The summed E-state index contributed by atoms with van der Waals surface area (Å²) in [4.78, 5) is 0. The Bertz CT molecular complexity index is 420. The van der Waals surface area contributed by atoms with E-state index in [0.717, 1.165) is 12.8 Å². The lowest BCUT2D eigenvalue weighted by atomic mass is 9.76. The van der Waals surface area contributed by atoms with E-state index in [9.17, 15) is 9.50 Å². The van der Waals surface area contributed by atoms with Gasteiger partial charge in [-0.15, -0.1) is 0 Å². The number of aliphatic hydroxyl groups is 1. The van der Waals surface area contributed by atoms with Crippen molar-refractivity contribution >= 4 is 0 Å². The highest BCUT2D eigenvalue weighted by Crippen LogP contribution is 2.34. The number of benzene rings is 1. The molecule has 2 rings (SSSR count). The number of hydrogen-bond acceptors (Lipinski definition) is 3. The SMILES string of the molecule is CC1CCC(CC(CN)(CO)c2ccccc2F)O1. The van der Waals surface area contributed by atoms with Crippen LogP contribution in [0, 0.1) is 5.82 Å². The standard InChI is InChI=1S/C15H22FNO2/c1-11-6-7-12(19-11)8-15(9-17,10-18)13-4-2-3-5-14(13)16/h2-5,11-12,18H,6-10,17H2,1H3. The summed E-state index contributed by atoms with van der Waals surface area (Å²) < 4.78 is 19.8. The van der Waals surface area contributed by atoms with E-state index in [-0.39, 0.29) is 31.2 Å². The lowest BCUT2D eigenvalue weighted by Gasteiger charge is -2.33. The lowest BCUT2D eigenvalue weighted by Crippen LogP contribution is -2.42. The van der Waals surface area contributed by atoms with Crippen LogP contribution in [-0.2, 0) is 10.2 Å². The first-order chi connectivity index (χ1) is 9.11. The smallest absolute Gasteiger partial charge is 0.127 e. The van der Waals surface area contributed by atoms with Gasteiger partial charge in [-0.3, -0.25) is 0 Å². The summed E-state index contributed by atoms with van der Waals surface area (Å²) in [6.45, 7) is 2.07. The van der Waals surface area contributed by atoms with E-state index in [2.05, 4.69) is 0 Å². The minimum Gasteiger partial charge on any atom is -0.395 e. The molecule has 3 atom stereocenters. The minimum absolute atomic E-state index is 0.0466. The molecular formula is C15H22FNO2. The van der Waals surface area contributed by atoms with E-state index in [0.29, 0.717) is 12.0 Å². The van der Waals surface area contributed by atoms with Crippen LogP contribution in [0.25, 0.3) is 0 Å². The first-order valence-corrected chi connectivity index (χ1v) is 6.82. The molecule has 0 aromatic heterocycles. The molecule has 3 N–H and O–H groups in total. The van der Waals surface area contributed by atoms with Gasteiger partial charge in [0.15, 0.2) is 0 Å². The fourth-order valence-electron chi connectivity index (χ4n) is 2.88. The van der Waals surface area contributed by atoms with Gasteiger partial charge in [-0.25, -0.2) is 4.39 Å². The fraction of sp³-hybridized carbons (Fsp3) is 0.600. The molecule has 106 valence electrons. The molecule has 0 radical (unpaired) electrons. The molecule has 1 aliphatic rings. The topological polar surface area (TPSA) is 55.5 Å². The summed E-state index contributed by atoms with van der Waals surface area (Å²) in [5.41, 5.74) is 5.59. The highest BCUT2D eigenvalue weighted by atomic mass is 19.1. The van der Waals surface area contributed by atoms with Crippen molar-refractivity contribution in [3.05, 3.63) is 35.6 Å². The Morgan fingerprint density at radius 2 is 2.16 bits per heavy atom. The highest BCUT2D eigenvalue weighted by molar-refractivity contribution is 5.28. The Morgan fingerprint density at radius 3 is 2.68 bits per heavy atom. The summed E-state index contributed by atoms with van der Waals surface area (Å²) in [6, 6.07) is 6.53. The van der Waals surface area contributed by atoms with Gasteiger partial charge in [0.1, 0.15) is 5.82 Å². The third-order valence-electron chi connectivity index (χ3n) is 4.08. The van der Waals surface area contributed by atoms with Crippen molar-refractivity contribution in [2.75, 3.05) is 13.2 Å². The van der Waals surface area contributed by atoms with Crippen molar-refractivity contribution in [1.29, 1.82) is 0 Å². The summed E-state index contributed by atoms with van der Waals surface area (Å²) in [6.07, 6.45) is 2.79. The van der Waals surface area contributed by atoms with E-state index in [1.54, 1.807) is 18.2 Å². The van der Waals surface area contributed by atoms with Crippen LogP contribution in [0.4, 0.5) is 4.39 Å². The van der Waals surface area contributed by atoms with Crippen LogP contribution in [0.5, 0.6) is 0 Å². The molecule has 3 nitrogen and oxygen atoms in total. The van der Waals surface area contributed by atoms with Gasteiger partial charge in [0.05, 0.1) is 18.8 Å². The van der Waals surface area contributed by atoms with Crippen molar-refractivity contribution in [2.24, 2.45) is 5.73 Å². The first-order valence-electron chi connectivity index (χ1n) is 6.82. The van der Waals surface area contributed by atoms with Gasteiger partial charge in [0.25, 0.3) is 0 Å². The Labute approximate surface area is 113 Å². The maximum absolute atomic E-state index is 14.0. The molecular weight excluding hydrogens is 245 g/mol. The highest BCUT2D eigenvalue weighted by Gasteiger charge is 2.37. The zero-order chi connectivity index (χ0) is 13.9. The molecule has 1 aromatic carbocycles. The van der Waals surface area contributed by atoms with Crippen molar-refractivity contribution in [1.82, 2.24) is 0 Å². The Balaban J connectivity index is 2.25. The summed E-state index contributed by atoms with van der Waals surface area (Å²) in [5.74, 6) is -0.312. The van der Waals surface area contributed by atoms with Crippen LogP contribution in [0.1, 0.15) is 31.7 Å². The lowest BCUT2D eigenvalue weighted by molar-refractivity contribution is 0.0264. The predicted octanol–water partition coefficient (Wildman–Crippen LogP) is 1.97. The molecule has 0 saturated carbocycles. The fourth-order valence-corrected chi connectivity index (χ4v) is 2.88. The zero-order valence-corrected chi connectivity index (χ0v) is 11.3. The number of halogens is 1. The van der Waals surface area contributed by atoms with E-state index in [1.807, 2.05) is 6.92 Å². The average molecular weight is 267 g/mol. The summed E-state index contributed by atoms with van der Waals surface area (Å²) >= 11 is 0. The van der Waals surface area contributed by atoms with E-state index in [4.69, 9.17) is 10.5 Å². The predicted molar refractivity (Wildman–Crippen MR) is 72.4 cm³/mol. The summed E-state index contributed by atoms with van der Waals surface area (Å²) in [5, 5.41) is 9.78. The molecule has 1 saturated heterocycles. The molecule has 0 bridgehead atoms. The third-order valence-corrected chi connectivity index (χ3v) is 4.08. The molecule has 0 amide bonds. The van der Waals surface area contributed by atoms with Crippen molar-refractivity contribution < 1.29 is 14.2 Å². The van der Waals surface area contributed by atoms with Crippen LogP contribution >= 0.6 is 0 Å². The molecule has 1 aromatic rings. The number of hydrogen-bond donors (Lipinski definition) is 2. The number of aliphatic hydroxyl groups excluding tert-OH is 1. The largest absolute Gasteiger partial charge is 0.395 e. The van der Waals surface area contributed by atoms with Crippen LogP contribution in [0.2, 0.25) is 0 Å². The number of nitrogens with two attached hydrogens (primary N) is 1. The van der Waals surface area contributed by atoms with E-state index < -0.39 is 5.41 Å². The van der Waals surface area contributed by atoms with Gasteiger partial charge in [-0.05, 0) is 37.8 Å². The van der Waals surface area contributed by atoms with Crippen LogP contribution in [0.15, 0.2) is 24.3 Å². The normalized spacial score (nSPS) is 26.3.